The smallest absolute Gasteiger partial charge is 0.271 e. The topological polar surface area (TPSA) is 72.2 Å². The summed E-state index contributed by atoms with van der Waals surface area (Å²) in [5.41, 5.74) is 0.576. The Kier molecular flexibility index (Phi) is 3.37. The van der Waals surface area contributed by atoms with Crippen LogP contribution in [0.25, 0.3) is 0 Å². The normalized spacial score (nSPS) is 10.0. The molecule has 0 saturated carbocycles. The first-order valence-corrected chi connectivity index (χ1v) is 3.85. The van der Waals surface area contributed by atoms with Gasteiger partial charge in [0.05, 0.1) is 4.92 Å². The summed E-state index contributed by atoms with van der Waals surface area (Å²) < 4.78 is 0. The van der Waals surface area contributed by atoms with Crippen molar-refractivity contribution >= 4 is 17.7 Å². The van der Waals surface area contributed by atoms with Gasteiger partial charge in [-0.25, -0.2) is 0 Å². The van der Waals surface area contributed by atoms with Gasteiger partial charge in [0.1, 0.15) is 6.29 Å². The van der Waals surface area contributed by atoms with Crippen molar-refractivity contribution < 1.29 is 9.72 Å². The number of carbonyl (C=O) groups excluding carboxylic acids is 1. The van der Waals surface area contributed by atoms with E-state index >= 15 is 0 Å². The number of hydrogen-bond donors (Lipinski definition) is 1. The lowest BCUT2D eigenvalue weighted by molar-refractivity contribution is -0.384. The number of anilines is 1. The first-order chi connectivity index (χ1) is 6.74. The van der Waals surface area contributed by atoms with Crippen molar-refractivity contribution in [2.45, 2.75) is 0 Å². The van der Waals surface area contributed by atoms with Crippen LogP contribution in [0.2, 0.25) is 0 Å². The third kappa shape index (κ3) is 2.71. The van der Waals surface area contributed by atoms with Crippen LogP contribution in [0.1, 0.15) is 0 Å². The third-order valence-electron chi connectivity index (χ3n) is 1.48. The summed E-state index contributed by atoms with van der Waals surface area (Å²) in [6.45, 7) is 0. The van der Waals surface area contributed by atoms with Crippen LogP contribution in [0.15, 0.2) is 36.5 Å². The molecule has 0 spiro atoms. The highest BCUT2D eigenvalue weighted by Gasteiger charge is 2.03. The molecule has 0 aliphatic heterocycles. The van der Waals surface area contributed by atoms with Gasteiger partial charge in [0, 0.05) is 24.0 Å². The number of nitrogens with zero attached hydrogens (tertiary/aromatic N) is 1. The van der Waals surface area contributed by atoms with E-state index in [4.69, 9.17) is 0 Å². The summed E-state index contributed by atoms with van der Waals surface area (Å²) in [6.07, 6.45) is 3.29. The maximum absolute atomic E-state index is 10.4. The lowest BCUT2D eigenvalue weighted by atomic mass is 10.3. The highest BCUT2D eigenvalue weighted by atomic mass is 16.6. The molecule has 5 heteroatoms. The molecule has 0 fully saturated rings. The van der Waals surface area contributed by atoms with Crippen LogP contribution in [-0.4, -0.2) is 11.2 Å². The predicted molar refractivity (Wildman–Crippen MR) is 51.9 cm³/mol. The Morgan fingerprint density at radius 3 is 2.86 bits per heavy atom. The zero-order valence-corrected chi connectivity index (χ0v) is 7.21. The molecule has 1 rings (SSSR count). The van der Waals surface area contributed by atoms with Gasteiger partial charge in [-0.05, 0) is 12.1 Å². The number of carbonyl (C=O) groups is 1. The lowest BCUT2D eigenvalue weighted by Crippen LogP contribution is -1.91. The Labute approximate surface area is 80.2 Å². The Balaban J connectivity index is 2.78. The number of nitro benzene ring substituents is 1. The zero-order valence-electron chi connectivity index (χ0n) is 7.21. The maximum atomic E-state index is 10.4. The van der Waals surface area contributed by atoms with Crippen LogP contribution in [-0.2, 0) is 4.79 Å². The Bertz CT molecular complexity index is 374. The quantitative estimate of drug-likeness (QED) is 0.341. The van der Waals surface area contributed by atoms with E-state index in [9.17, 15) is 14.9 Å². The largest absolute Gasteiger partial charge is 0.361 e. The van der Waals surface area contributed by atoms with Gasteiger partial charge in [-0.2, -0.15) is 0 Å². The summed E-state index contributed by atoms with van der Waals surface area (Å²) in [6, 6.07) is 6.02. The van der Waals surface area contributed by atoms with Gasteiger partial charge in [-0.15, -0.1) is 0 Å². The number of rotatable bonds is 4. The van der Waals surface area contributed by atoms with E-state index < -0.39 is 4.92 Å². The van der Waals surface area contributed by atoms with Crippen molar-refractivity contribution in [3.8, 4) is 0 Å². The molecule has 5 nitrogen and oxygen atoms in total. The number of nitrogens with one attached hydrogen (secondary N) is 1. The van der Waals surface area contributed by atoms with Crippen molar-refractivity contribution in [1.82, 2.24) is 0 Å². The van der Waals surface area contributed by atoms with Crippen molar-refractivity contribution in [2.24, 2.45) is 0 Å². The number of allylic oxidation sites excluding steroid dienone is 1. The molecule has 14 heavy (non-hydrogen) atoms. The summed E-state index contributed by atoms with van der Waals surface area (Å²) >= 11 is 0. The Hall–Kier alpha value is -2.17. The van der Waals surface area contributed by atoms with Crippen molar-refractivity contribution in [3.05, 3.63) is 46.7 Å². The second kappa shape index (κ2) is 4.76. The molecule has 0 heterocycles. The van der Waals surface area contributed by atoms with Crippen LogP contribution >= 0.6 is 0 Å². The zero-order chi connectivity index (χ0) is 10.4. The molecule has 0 aromatic heterocycles. The molecule has 1 N–H and O–H groups in total. The fourth-order valence-corrected chi connectivity index (χ4v) is 0.893. The van der Waals surface area contributed by atoms with Crippen molar-refractivity contribution in [1.29, 1.82) is 0 Å². The minimum absolute atomic E-state index is 0.00880. The molecule has 1 aromatic rings. The van der Waals surface area contributed by atoms with E-state index in [1.807, 2.05) is 0 Å². The van der Waals surface area contributed by atoms with Crippen molar-refractivity contribution in [2.75, 3.05) is 5.32 Å². The summed E-state index contributed by atoms with van der Waals surface area (Å²) in [4.78, 5) is 19.8. The number of aldehydes is 1. The van der Waals surface area contributed by atoms with Gasteiger partial charge in [0.2, 0.25) is 0 Å². The second-order valence-corrected chi connectivity index (χ2v) is 2.45. The molecule has 0 radical (unpaired) electrons. The molecule has 0 amide bonds. The highest BCUT2D eigenvalue weighted by molar-refractivity contribution is 5.66. The molecule has 1 aromatic carbocycles. The fourth-order valence-electron chi connectivity index (χ4n) is 0.893. The monoisotopic (exact) mass is 192 g/mol. The number of nitro groups is 1. The van der Waals surface area contributed by atoms with Crippen LogP contribution < -0.4 is 5.32 Å². The Morgan fingerprint density at radius 1 is 1.43 bits per heavy atom. The van der Waals surface area contributed by atoms with E-state index in [1.54, 1.807) is 12.1 Å². The van der Waals surface area contributed by atoms with Crippen LogP contribution in [0.5, 0.6) is 0 Å². The average Bonchev–Trinajstić information content (AvgIpc) is 2.19. The molecule has 0 atom stereocenters. The van der Waals surface area contributed by atoms with E-state index in [0.717, 1.165) is 0 Å². The van der Waals surface area contributed by atoms with E-state index in [2.05, 4.69) is 5.32 Å². The number of benzene rings is 1. The van der Waals surface area contributed by atoms with E-state index in [0.29, 0.717) is 12.0 Å². The molecule has 0 unspecified atom stereocenters. The first kappa shape index (κ1) is 9.91. The molecule has 0 aliphatic rings. The molecular weight excluding hydrogens is 184 g/mol. The van der Waals surface area contributed by atoms with Gasteiger partial charge in [-0.1, -0.05) is 6.07 Å². The predicted octanol–water partition coefficient (Wildman–Crippen LogP) is 1.72. The minimum Gasteiger partial charge on any atom is -0.361 e. The molecular formula is C9H8N2O3. The van der Waals surface area contributed by atoms with Crippen molar-refractivity contribution in [3.63, 3.8) is 0 Å². The molecule has 0 bridgehead atoms. The van der Waals surface area contributed by atoms with Crippen LogP contribution in [0.4, 0.5) is 11.4 Å². The van der Waals surface area contributed by atoms with Crippen LogP contribution in [0, 0.1) is 10.1 Å². The number of non-ortho nitro benzene ring substituents is 1. The van der Waals surface area contributed by atoms with E-state index in [-0.39, 0.29) is 5.69 Å². The van der Waals surface area contributed by atoms with Gasteiger partial charge in [-0.3, -0.25) is 14.9 Å². The SMILES string of the molecule is O=C/C=C\Nc1cccc([N+](=O)[O-])c1. The first-order valence-electron chi connectivity index (χ1n) is 3.85. The van der Waals surface area contributed by atoms with Gasteiger partial charge in [0.15, 0.2) is 0 Å². The van der Waals surface area contributed by atoms with Gasteiger partial charge in [0.25, 0.3) is 5.69 Å². The fraction of sp³-hybridized carbons (Fsp3) is 0. The summed E-state index contributed by atoms with van der Waals surface area (Å²) in [5.74, 6) is 0. The lowest BCUT2D eigenvalue weighted by Gasteiger charge is -1.98. The molecule has 0 saturated heterocycles. The van der Waals surface area contributed by atoms with Gasteiger partial charge < -0.3 is 5.32 Å². The summed E-state index contributed by atoms with van der Waals surface area (Å²) in [5, 5.41) is 13.1. The maximum Gasteiger partial charge on any atom is 0.271 e. The Morgan fingerprint density at radius 2 is 2.21 bits per heavy atom. The minimum atomic E-state index is -0.478. The van der Waals surface area contributed by atoms with E-state index in [1.165, 1.54) is 24.4 Å². The van der Waals surface area contributed by atoms with Gasteiger partial charge >= 0.3 is 0 Å². The standard InChI is InChI=1S/C9H8N2O3/c12-6-2-5-10-8-3-1-4-9(7-8)11(13)14/h1-7,10H/b5-2-. The molecule has 72 valence electrons. The average molecular weight is 192 g/mol. The van der Waals surface area contributed by atoms with Crippen LogP contribution in [0.3, 0.4) is 0 Å². The third-order valence-corrected chi connectivity index (χ3v) is 1.48. The molecule has 0 aliphatic carbocycles. The number of hydrogen-bond acceptors (Lipinski definition) is 4. The highest BCUT2D eigenvalue weighted by Crippen LogP contribution is 2.16. The second-order valence-electron chi connectivity index (χ2n) is 2.45. The summed E-state index contributed by atoms with van der Waals surface area (Å²) in [7, 11) is 0.